The number of aryl methyl sites for hydroxylation is 1. The average molecular weight is 396 g/mol. The van der Waals surface area contributed by atoms with Crippen LogP contribution in [0.15, 0.2) is 28.8 Å². The normalized spacial score (nSPS) is 27.1. The van der Waals surface area contributed by atoms with Crippen LogP contribution in [0.2, 0.25) is 0 Å². The molecular weight excluding hydrogens is 373 g/mol. The topological polar surface area (TPSA) is 63.4 Å². The van der Waals surface area contributed by atoms with Gasteiger partial charge < -0.3 is 9.26 Å². The molecule has 0 bridgehead atoms. The molecule has 2 saturated heterocycles. The van der Waals surface area contributed by atoms with Crippen molar-refractivity contribution in [3.8, 4) is 0 Å². The van der Waals surface area contributed by atoms with Crippen molar-refractivity contribution >= 4 is 0 Å². The SMILES string of the molecule is Cc1noc(C2CC(c3ccc(C(F)(F)F)cc3)CN(C3COCCN3)C2)n1. The number of ether oxygens (including phenoxy) is 1. The highest BCUT2D eigenvalue weighted by atomic mass is 19.4. The monoisotopic (exact) mass is 396 g/mol. The fourth-order valence-electron chi connectivity index (χ4n) is 4.02. The Labute approximate surface area is 161 Å². The molecule has 2 fully saturated rings. The van der Waals surface area contributed by atoms with Crippen molar-refractivity contribution in [2.24, 2.45) is 0 Å². The second-order valence-corrected chi connectivity index (χ2v) is 7.43. The maximum absolute atomic E-state index is 12.9. The number of hydrogen-bond donors (Lipinski definition) is 1. The Kier molecular flexibility index (Phi) is 5.39. The maximum atomic E-state index is 12.9. The van der Waals surface area contributed by atoms with Crippen LogP contribution in [0.5, 0.6) is 0 Å². The number of piperidine rings is 1. The van der Waals surface area contributed by atoms with Gasteiger partial charge in [0.1, 0.15) is 0 Å². The molecule has 0 radical (unpaired) electrons. The van der Waals surface area contributed by atoms with Crippen LogP contribution in [0.3, 0.4) is 0 Å². The van der Waals surface area contributed by atoms with Gasteiger partial charge in [0.05, 0.1) is 30.9 Å². The summed E-state index contributed by atoms with van der Waals surface area (Å²) in [6.07, 6.45) is -3.51. The van der Waals surface area contributed by atoms with E-state index in [4.69, 9.17) is 9.26 Å². The van der Waals surface area contributed by atoms with Gasteiger partial charge in [-0.2, -0.15) is 18.2 Å². The summed E-state index contributed by atoms with van der Waals surface area (Å²) in [4.78, 5) is 6.66. The minimum atomic E-state index is -4.33. The quantitative estimate of drug-likeness (QED) is 0.861. The second kappa shape index (κ2) is 7.81. The van der Waals surface area contributed by atoms with E-state index in [2.05, 4.69) is 20.4 Å². The lowest BCUT2D eigenvalue weighted by atomic mass is 9.84. The van der Waals surface area contributed by atoms with Gasteiger partial charge in [0.15, 0.2) is 5.82 Å². The Morgan fingerprint density at radius 3 is 2.50 bits per heavy atom. The van der Waals surface area contributed by atoms with Crippen molar-refractivity contribution in [1.29, 1.82) is 0 Å². The van der Waals surface area contributed by atoms with Crippen LogP contribution >= 0.6 is 0 Å². The molecule has 2 aliphatic heterocycles. The lowest BCUT2D eigenvalue weighted by Crippen LogP contribution is -2.56. The molecule has 1 aromatic heterocycles. The third-order valence-corrected chi connectivity index (χ3v) is 5.42. The van der Waals surface area contributed by atoms with Crippen LogP contribution in [0, 0.1) is 6.92 Å². The van der Waals surface area contributed by atoms with Gasteiger partial charge in [-0.05, 0) is 37.0 Å². The molecule has 152 valence electrons. The molecule has 2 aliphatic rings. The number of halogens is 3. The largest absolute Gasteiger partial charge is 0.416 e. The molecule has 3 unspecified atom stereocenters. The van der Waals surface area contributed by atoms with E-state index in [1.54, 1.807) is 19.1 Å². The zero-order chi connectivity index (χ0) is 19.7. The van der Waals surface area contributed by atoms with Gasteiger partial charge in [-0.15, -0.1) is 0 Å². The van der Waals surface area contributed by atoms with Crippen molar-refractivity contribution in [1.82, 2.24) is 20.4 Å². The van der Waals surface area contributed by atoms with E-state index in [0.717, 1.165) is 43.8 Å². The molecule has 0 amide bonds. The van der Waals surface area contributed by atoms with Gasteiger partial charge in [-0.1, -0.05) is 17.3 Å². The molecule has 28 heavy (non-hydrogen) atoms. The highest BCUT2D eigenvalue weighted by molar-refractivity contribution is 5.28. The van der Waals surface area contributed by atoms with Crippen LogP contribution < -0.4 is 5.32 Å². The van der Waals surface area contributed by atoms with E-state index >= 15 is 0 Å². The van der Waals surface area contributed by atoms with E-state index in [0.29, 0.717) is 24.9 Å². The summed E-state index contributed by atoms with van der Waals surface area (Å²) in [5.74, 6) is 1.25. The van der Waals surface area contributed by atoms with Crippen LogP contribution in [0.1, 0.15) is 41.1 Å². The number of hydrogen-bond acceptors (Lipinski definition) is 6. The summed E-state index contributed by atoms with van der Waals surface area (Å²) in [6, 6.07) is 5.47. The third-order valence-electron chi connectivity index (χ3n) is 5.42. The van der Waals surface area contributed by atoms with E-state index in [1.165, 1.54) is 0 Å². The lowest BCUT2D eigenvalue weighted by Gasteiger charge is -2.42. The lowest BCUT2D eigenvalue weighted by molar-refractivity contribution is -0.137. The van der Waals surface area contributed by atoms with E-state index in [-0.39, 0.29) is 18.0 Å². The molecule has 3 heterocycles. The highest BCUT2D eigenvalue weighted by Crippen LogP contribution is 2.37. The first-order chi connectivity index (χ1) is 13.4. The van der Waals surface area contributed by atoms with Gasteiger partial charge in [0.2, 0.25) is 5.89 Å². The van der Waals surface area contributed by atoms with Crippen molar-refractivity contribution in [3.63, 3.8) is 0 Å². The number of alkyl halides is 3. The molecule has 0 saturated carbocycles. The fraction of sp³-hybridized carbons (Fsp3) is 0.579. The molecule has 9 heteroatoms. The highest BCUT2D eigenvalue weighted by Gasteiger charge is 2.36. The van der Waals surface area contributed by atoms with E-state index < -0.39 is 11.7 Å². The van der Waals surface area contributed by atoms with Crippen molar-refractivity contribution in [2.45, 2.75) is 37.5 Å². The smallest absolute Gasteiger partial charge is 0.377 e. The summed E-state index contributed by atoms with van der Waals surface area (Å²) >= 11 is 0. The number of nitrogens with zero attached hydrogens (tertiary/aromatic N) is 3. The minimum Gasteiger partial charge on any atom is -0.377 e. The molecule has 2 aromatic rings. The zero-order valence-corrected chi connectivity index (χ0v) is 15.6. The Balaban J connectivity index is 1.57. The molecule has 4 rings (SSSR count). The van der Waals surface area contributed by atoms with Crippen LogP contribution in [0.25, 0.3) is 0 Å². The van der Waals surface area contributed by atoms with Crippen molar-refractivity contribution in [2.75, 3.05) is 32.8 Å². The maximum Gasteiger partial charge on any atom is 0.416 e. The molecular formula is C19H23F3N4O2. The molecule has 0 spiro atoms. The van der Waals surface area contributed by atoms with Gasteiger partial charge >= 0.3 is 6.18 Å². The van der Waals surface area contributed by atoms with Crippen LogP contribution in [0.4, 0.5) is 13.2 Å². The van der Waals surface area contributed by atoms with Gasteiger partial charge in [0, 0.05) is 19.6 Å². The Bertz CT molecular complexity index is 787. The first kappa shape index (κ1) is 19.4. The summed E-state index contributed by atoms with van der Waals surface area (Å²) in [6.45, 7) is 5.28. The van der Waals surface area contributed by atoms with Gasteiger partial charge in [-0.25, -0.2) is 0 Å². The number of rotatable bonds is 3. The Morgan fingerprint density at radius 1 is 1.14 bits per heavy atom. The summed E-state index contributed by atoms with van der Waals surface area (Å²) in [5, 5.41) is 7.35. The number of nitrogens with one attached hydrogen (secondary N) is 1. The standard InChI is InChI=1S/C19H23F3N4O2/c1-12-24-18(28-25-12)15-8-14(9-26(10-15)17-11-27-7-6-23-17)13-2-4-16(5-3-13)19(20,21)22/h2-5,14-15,17,23H,6-11H2,1H3. The number of likely N-dealkylation sites (tertiary alicyclic amines) is 1. The van der Waals surface area contributed by atoms with E-state index in [9.17, 15) is 13.2 Å². The molecule has 3 atom stereocenters. The Hall–Kier alpha value is -1.97. The van der Waals surface area contributed by atoms with E-state index in [1.807, 2.05) is 0 Å². The number of benzene rings is 1. The average Bonchev–Trinajstić information content (AvgIpc) is 3.14. The molecule has 1 N–H and O–H groups in total. The summed E-state index contributed by atoms with van der Waals surface area (Å²) in [5.41, 5.74) is 0.256. The first-order valence-electron chi connectivity index (χ1n) is 9.42. The fourth-order valence-corrected chi connectivity index (χ4v) is 4.02. The molecule has 0 aliphatic carbocycles. The van der Waals surface area contributed by atoms with Crippen molar-refractivity contribution < 1.29 is 22.4 Å². The number of aromatic nitrogens is 2. The van der Waals surface area contributed by atoms with Crippen LogP contribution in [-0.2, 0) is 10.9 Å². The predicted octanol–water partition coefficient (Wildman–Crippen LogP) is 2.92. The predicted molar refractivity (Wildman–Crippen MR) is 94.8 cm³/mol. The first-order valence-corrected chi connectivity index (χ1v) is 9.42. The van der Waals surface area contributed by atoms with Crippen LogP contribution in [-0.4, -0.2) is 54.1 Å². The molecule has 6 nitrogen and oxygen atoms in total. The second-order valence-electron chi connectivity index (χ2n) is 7.43. The summed E-state index contributed by atoms with van der Waals surface area (Å²) in [7, 11) is 0. The third kappa shape index (κ3) is 4.21. The van der Waals surface area contributed by atoms with Gasteiger partial charge in [-0.3, -0.25) is 10.2 Å². The van der Waals surface area contributed by atoms with Crippen molar-refractivity contribution in [3.05, 3.63) is 47.1 Å². The Morgan fingerprint density at radius 2 is 1.89 bits per heavy atom. The van der Waals surface area contributed by atoms with Gasteiger partial charge in [0.25, 0.3) is 0 Å². The zero-order valence-electron chi connectivity index (χ0n) is 15.6. The summed E-state index contributed by atoms with van der Waals surface area (Å²) < 4.78 is 49.7. The number of morpholine rings is 1. The minimum absolute atomic E-state index is 0.0194. The molecule has 1 aromatic carbocycles.